The summed E-state index contributed by atoms with van der Waals surface area (Å²) in [6, 6.07) is 7.91. The van der Waals surface area contributed by atoms with Gasteiger partial charge in [-0.3, -0.25) is 4.79 Å². The summed E-state index contributed by atoms with van der Waals surface area (Å²) >= 11 is 0. The Labute approximate surface area is 134 Å². The zero-order valence-corrected chi connectivity index (χ0v) is 13.3. The maximum absolute atomic E-state index is 12.8. The molecule has 0 radical (unpaired) electrons. The first kappa shape index (κ1) is 14.1. The molecular formula is C18H19N3O2. The quantitative estimate of drug-likeness (QED) is 0.784. The molecule has 1 aliphatic heterocycles. The molecule has 0 bridgehead atoms. The van der Waals surface area contributed by atoms with Crippen LogP contribution >= 0.6 is 0 Å². The first-order valence-electron chi connectivity index (χ1n) is 7.95. The summed E-state index contributed by atoms with van der Waals surface area (Å²) in [6.07, 6.45) is 3.49. The summed E-state index contributed by atoms with van der Waals surface area (Å²) in [6.45, 7) is 4.64. The molecule has 1 atom stereocenters. The Balaban J connectivity index is 1.69. The van der Waals surface area contributed by atoms with Crippen molar-refractivity contribution in [3.8, 4) is 0 Å². The average Bonchev–Trinajstić information content (AvgIpc) is 3.23. The SMILES string of the molecule is Cc1ccc2nc([C@@H]3CCCN3C(=O)c3ccoc3C)[nH]c2c1. The van der Waals surface area contributed by atoms with Gasteiger partial charge in [0.15, 0.2) is 0 Å². The molecule has 118 valence electrons. The van der Waals surface area contributed by atoms with Crippen LogP contribution in [0.4, 0.5) is 0 Å². The molecule has 5 heteroatoms. The van der Waals surface area contributed by atoms with Gasteiger partial charge in [-0.2, -0.15) is 0 Å². The van der Waals surface area contributed by atoms with E-state index in [1.165, 1.54) is 5.56 Å². The minimum atomic E-state index is 0.00417. The summed E-state index contributed by atoms with van der Waals surface area (Å²) in [5.41, 5.74) is 3.81. The lowest BCUT2D eigenvalue weighted by Crippen LogP contribution is -2.31. The molecule has 0 unspecified atom stereocenters. The number of likely N-dealkylation sites (tertiary alicyclic amines) is 1. The van der Waals surface area contributed by atoms with Gasteiger partial charge in [-0.05, 0) is 50.5 Å². The third-order valence-corrected chi connectivity index (χ3v) is 4.57. The van der Waals surface area contributed by atoms with E-state index in [1.807, 2.05) is 17.9 Å². The van der Waals surface area contributed by atoms with Crippen LogP contribution in [-0.4, -0.2) is 27.3 Å². The molecule has 1 aliphatic rings. The number of furan rings is 1. The number of aromatic amines is 1. The molecule has 4 rings (SSSR count). The average molecular weight is 309 g/mol. The third-order valence-electron chi connectivity index (χ3n) is 4.57. The summed E-state index contributed by atoms with van der Waals surface area (Å²) in [5.74, 6) is 1.56. The molecule has 5 nitrogen and oxygen atoms in total. The van der Waals surface area contributed by atoms with E-state index in [2.05, 4.69) is 24.0 Å². The van der Waals surface area contributed by atoms with Crippen molar-refractivity contribution in [2.75, 3.05) is 6.54 Å². The van der Waals surface area contributed by atoms with Gasteiger partial charge in [0.2, 0.25) is 0 Å². The van der Waals surface area contributed by atoms with Crippen molar-refractivity contribution >= 4 is 16.9 Å². The van der Waals surface area contributed by atoms with Crippen LogP contribution < -0.4 is 0 Å². The van der Waals surface area contributed by atoms with E-state index in [-0.39, 0.29) is 11.9 Å². The van der Waals surface area contributed by atoms with Crippen molar-refractivity contribution in [3.05, 3.63) is 53.2 Å². The Morgan fingerprint density at radius 1 is 1.35 bits per heavy atom. The van der Waals surface area contributed by atoms with Crippen LogP contribution in [0, 0.1) is 13.8 Å². The molecule has 3 heterocycles. The van der Waals surface area contributed by atoms with Gasteiger partial charge in [-0.25, -0.2) is 4.98 Å². The number of nitrogens with zero attached hydrogens (tertiary/aromatic N) is 2. The predicted molar refractivity (Wildman–Crippen MR) is 87.3 cm³/mol. The van der Waals surface area contributed by atoms with Gasteiger partial charge in [0.25, 0.3) is 5.91 Å². The van der Waals surface area contributed by atoms with Crippen molar-refractivity contribution < 1.29 is 9.21 Å². The number of H-pyrrole nitrogens is 1. The number of hydrogen-bond acceptors (Lipinski definition) is 3. The van der Waals surface area contributed by atoms with Gasteiger partial charge in [0.1, 0.15) is 11.6 Å². The Bertz CT molecular complexity index is 877. The van der Waals surface area contributed by atoms with E-state index in [0.717, 1.165) is 36.2 Å². The number of aryl methyl sites for hydroxylation is 2. The number of benzene rings is 1. The van der Waals surface area contributed by atoms with Crippen molar-refractivity contribution in [2.24, 2.45) is 0 Å². The van der Waals surface area contributed by atoms with E-state index in [1.54, 1.807) is 12.3 Å². The Hall–Kier alpha value is -2.56. The second-order valence-electron chi connectivity index (χ2n) is 6.19. The molecule has 1 saturated heterocycles. The van der Waals surface area contributed by atoms with Crippen molar-refractivity contribution in [2.45, 2.75) is 32.7 Å². The molecule has 2 aromatic heterocycles. The lowest BCUT2D eigenvalue weighted by atomic mass is 10.2. The number of amides is 1. The van der Waals surface area contributed by atoms with E-state index in [9.17, 15) is 4.79 Å². The van der Waals surface area contributed by atoms with E-state index < -0.39 is 0 Å². The molecule has 0 spiro atoms. The van der Waals surface area contributed by atoms with Crippen LogP contribution in [0.5, 0.6) is 0 Å². The summed E-state index contributed by atoms with van der Waals surface area (Å²) in [5, 5.41) is 0. The van der Waals surface area contributed by atoms with E-state index in [0.29, 0.717) is 11.3 Å². The highest BCUT2D eigenvalue weighted by Gasteiger charge is 2.33. The van der Waals surface area contributed by atoms with Crippen LogP contribution in [0.15, 0.2) is 34.9 Å². The zero-order valence-electron chi connectivity index (χ0n) is 13.3. The smallest absolute Gasteiger partial charge is 0.258 e. The maximum Gasteiger partial charge on any atom is 0.258 e. The van der Waals surface area contributed by atoms with Gasteiger partial charge in [0, 0.05) is 6.54 Å². The molecule has 0 saturated carbocycles. The summed E-state index contributed by atoms with van der Waals surface area (Å²) in [7, 11) is 0. The number of carbonyl (C=O) groups is 1. The van der Waals surface area contributed by atoms with E-state index in [4.69, 9.17) is 9.40 Å². The van der Waals surface area contributed by atoms with Crippen molar-refractivity contribution in [1.29, 1.82) is 0 Å². The molecule has 1 N–H and O–H groups in total. The first-order valence-corrected chi connectivity index (χ1v) is 7.95. The number of carbonyl (C=O) groups excluding carboxylic acids is 1. The third kappa shape index (κ3) is 2.32. The Morgan fingerprint density at radius 3 is 3.00 bits per heavy atom. The fourth-order valence-corrected chi connectivity index (χ4v) is 3.36. The van der Waals surface area contributed by atoms with Crippen LogP contribution in [0.3, 0.4) is 0 Å². The lowest BCUT2D eigenvalue weighted by Gasteiger charge is -2.22. The van der Waals surface area contributed by atoms with Gasteiger partial charge < -0.3 is 14.3 Å². The fourth-order valence-electron chi connectivity index (χ4n) is 3.36. The van der Waals surface area contributed by atoms with Crippen LogP contribution in [0.25, 0.3) is 11.0 Å². The monoisotopic (exact) mass is 309 g/mol. The number of fused-ring (bicyclic) bond motifs is 1. The second kappa shape index (κ2) is 5.26. The molecule has 23 heavy (non-hydrogen) atoms. The highest BCUT2D eigenvalue weighted by molar-refractivity contribution is 5.95. The number of nitrogens with one attached hydrogen (secondary N) is 1. The standard InChI is InChI=1S/C18H19N3O2/c1-11-5-6-14-15(10-11)20-17(19-14)16-4-3-8-21(16)18(22)13-7-9-23-12(13)2/h5-7,9-10,16H,3-4,8H2,1-2H3,(H,19,20)/t16-/m0/s1. The minimum absolute atomic E-state index is 0.00417. The first-order chi connectivity index (χ1) is 11.1. The highest BCUT2D eigenvalue weighted by Crippen LogP contribution is 2.33. The predicted octanol–water partition coefficient (Wildman–Crippen LogP) is 3.75. The Kier molecular flexibility index (Phi) is 3.22. The lowest BCUT2D eigenvalue weighted by molar-refractivity contribution is 0.0729. The molecule has 1 amide bonds. The highest BCUT2D eigenvalue weighted by atomic mass is 16.3. The van der Waals surface area contributed by atoms with Gasteiger partial charge in [-0.15, -0.1) is 0 Å². The van der Waals surface area contributed by atoms with Crippen LogP contribution in [-0.2, 0) is 0 Å². The summed E-state index contributed by atoms with van der Waals surface area (Å²) < 4.78 is 5.28. The largest absolute Gasteiger partial charge is 0.469 e. The van der Waals surface area contributed by atoms with Crippen molar-refractivity contribution in [3.63, 3.8) is 0 Å². The minimum Gasteiger partial charge on any atom is -0.469 e. The molecule has 1 aromatic carbocycles. The molecule has 0 aliphatic carbocycles. The van der Waals surface area contributed by atoms with Gasteiger partial charge in [0.05, 0.1) is 28.9 Å². The second-order valence-corrected chi connectivity index (χ2v) is 6.19. The van der Waals surface area contributed by atoms with Crippen molar-refractivity contribution in [1.82, 2.24) is 14.9 Å². The van der Waals surface area contributed by atoms with E-state index >= 15 is 0 Å². The van der Waals surface area contributed by atoms with Gasteiger partial charge >= 0.3 is 0 Å². The molecule has 3 aromatic rings. The normalized spacial score (nSPS) is 18.0. The van der Waals surface area contributed by atoms with Crippen LogP contribution in [0.1, 0.15) is 46.4 Å². The number of rotatable bonds is 2. The Morgan fingerprint density at radius 2 is 2.22 bits per heavy atom. The fraction of sp³-hybridized carbons (Fsp3) is 0.333. The maximum atomic E-state index is 12.8. The number of hydrogen-bond donors (Lipinski definition) is 1. The molecule has 1 fully saturated rings. The molecular weight excluding hydrogens is 290 g/mol. The topological polar surface area (TPSA) is 62.1 Å². The number of imidazole rings is 1. The van der Waals surface area contributed by atoms with Crippen LogP contribution in [0.2, 0.25) is 0 Å². The zero-order chi connectivity index (χ0) is 16.0. The summed E-state index contributed by atoms with van der Waals surface area (Å²) in [4.78, 5) is 22.8. The van der Waals surface area contributed by atoms with Gasteiger partial charge in [-0.1, -0.05) is 6.07 Å². The number of aromatic nitrogens is 2.